The fourth-order valence-corrected chi connectivity index (χ4v) is 2.93. The van der Waals surface area contributed by atoms with Crippen molar-refractivity contribution in [2.24, 2.45) is 0 Å². The van der Waals surface area contributed by atoms with Crippen LogP contribution < -0.4 is 0 Å². The first-order chi connectivity index (χ1) is 11.2. The lowest BCUT2D eigenvalue weighted by Crippen LogP contribution is -2.47. The highest BCUT2D eigenvalue weighted by molar-refractivity contribution is 5.94. The van der Waals surface area contributed by atoms with E-state index in [4.69, 9.17) is 0 Å². The fraction of sp³-hybridized carbons (Fsp3) is 0.350. The van der Waals surface area contributed by atoms with E-state index in [9.17, 15) is 4.79 Å². The minimum absolute atomic E-state index is 0.144. The molecule has 0 N–H and O–H groups in total. The molecule has 1 aliphatic rings. The highest BCUT2D eigenvalue weighted by Gasteiger charge is 2.20. The molecule has 1 aliphatic heterocycles. The Morgan fingerprint density at radius 1 is 0.870 bits per heavy atom. The topological polar surface area (TPSA) is 23.6 Å². The van der Waals surface area contributed by atoms with E-state index in [1.54, 1.807) is 0 Å². The molecule has 3 heteroatoms. The second kappa shape index (κ2) is 6.97. The Kier molecular flexibility index (Phi) is 4.77. The lowest BCUT2D eigenvalue weighted by atomic mass is 10.0. The Morgan fingerprint density at radius 3 is 1.91 bits per heavy atom. The number of carbonyl (C=O) groups is 1. The molecule has 0 atom stereocenters. The molecule has 3 rings (SSSR count). The molecule has 23 heavy (non-hydrogen) atoms. The lowest BCUT2D eigenvalue weighted by molar-refractivity contribution is 0.0664. The number of aryl methyl sites for hydroxylation is 1. The Balaban J connectivity index is 1.72. The monoisotopic (exact) mass is 308 g/mol. The summed E-state index contributed by atoms with van der Waals surface area (Å²) in [6, 6.07) is 16.6. The summed E-state index contributed by atoms with van der Waals surface area (Å²) < 4.78 is 0. The zero-order valence-electron chi connectivity index (χ0n) is 14.0. The minimum Gasteiger partial charge on any atom is -0.336 e. The molecule has 2 aromatic carbocycles. The normalized spacial score (nSPS) is 15.7. The Bertz CT molecular complexity index is 653. The van der Waals surface area contributed by atoms with Crippen molar-refractivity contribution in [2.75, 3.05) is 33.2 Å². The molecule has 0 spiro atoms. The summed E-state index contributed by atoms with van der Waals surface area (Å²) in [5, 5.41) is 0. The molecule has 0 bridgehead atoms. The molecule has 0 aliphatic carbocycles. The largest absolute Gasteiger partial charge is 0.336 e. The van der Waals surface area contributed by atoms with Gasteiger partial charge in [-0.1, -0.05) is 43.3 Å². The Hall–Kier alpha value is -2.13. The molecule has 2 aromatic rings. The number of hydrogen-bond acceptors (Lipinski definition) is 2. The van der Waals surface area contributed by atoms with E-state index >= 15 is 0 Å². The van der Waals surface area contributed by atoms with Gasteiger partial charge in [0.05, 0.1) is 0 Å². The van der Waals surface area contributed by atoms with Gasteiger partial charge in [-0.05, 0) is 42.3 Å². The molecule has 1 saturated heterocycles. The van der Waals surface area contributed by atoms with Crippen molar-refractivity contribution in [3.63, 3.8) is 0 Å². The summed E-state index contributed by atoms with van der Waals surface area (Å²) in [5.74, 6) is 0.144. The Labute approximate surface area is 138 Å². The van der Waals surface area contributed by atoms with Gasteiger partial charge in [0.15, 0.2) is 0 Å². The van der Waals surface area contributed by atoms with Crippen molar-refractivity contribution < 1.29 is 4.79 Å². The standard InChI is InChI=1S/C20H24N2O/c1-3-16-4-6-17(7-5-16)18-8-10-19(11-9-18)20(23)22-14-12-21(2)13-15-22/h4-11H,3,12-15H2,1-2H3. The molecule has 1 heterocycles. The first-order valence-corrected chi connectivity index (χ1v) is 8.34. The van der Waals surface area contributed by atoms with Gasteiger partial charge in [0.2, 0.25) is 0 Å². The van der Waals surface area contributed by atoms with Crippen molar-refractivity contribution in [1.82, 2.24) is 9.80 Å². The highest BCUT2D eigenvalue weighted by atomic mass is 16.2. The van der Waals surface area contributed by atoms with Crippen molar-refractivity contribution in [3.05, 3.63) is 59.7 Å². The van der Waals surface area contributed by atoms with Gasteiger partial charge in [0, 0.05) is 31.7 Å². The molecule has 1 amide bonds. The highest BCUT2D eigenvalue weighted by Crippen LogP contribution is 2.21. The summed E-state index contributed by atoms with van der Waals surface area (Å²) in [7, 11) is 2.10. The van der Waals surface area contributed by atoms with Crippen LogP contribution in [0.4, 0.5) is 0 Å². The van der Waals surface area contributed by atoms with E-state index in [0.717, 1.165) is 43.7 Å². The van der Waals surface area contributed by atoms with Gasteiger partial charge >= 0.3 is 0 Å². The maximum absolute atomic E-state index is 12.5. The van der Waals surface area contributed by atoms with Crippen molar-refractivity contribution in [3.8, 4) is 11.1 Å². The third-order valence-corrected chi connectivity index (χ3v) is 4.62. The summed E-state index contributed by atoms with van der Waals surface area (Å²) in [6.45, 7) is 5.69. The molecular formula is C20H24N2O. The average molecular weight is 308 g/mol. The molecule has 0 unspecified atom stereocenters. The summed E-state index contributed by atoms with van der Waals surface area (Å²) in [5.41, 5.74) is 4.47. The van der Waals surface area contributed by atoms with Crippen LogP contribution in [0, 0.1) is 0 Å². The number of benzene rings is 2. The quantitative estimate of drug-likeness (QED) is 0.868. The van der Waals surface area contributed by atoms with E-state index in [-0.39, 0.29) is 5.91 Å². The second-order valence-corrected chi connectivity index (χ2v) is 6.22. The zero-order chi connectivity index (χ0) is 16.2. The number of likely N-dealkylation sites (N-methyl/N-ethyl adjacent to an activating group) is 1. The number of nitrogens with zero attached hydrogens (tertiary/aromatic N) is 2. The van der Waals surface area contributed by atoms with Crippen LogP contribution in [0.5, 0.6) is 0 Å². The molecule has 0 radical (unpaired) electrons. The van der Waals surface area contributed by atoms with E-state index in [2.05, 4.69) is 43.1 Å². The summed E-state index contributed by atoms with van der Waals surface area (Å²) in [4.78, 5) is 16.8. The maximum atomic E-state index is 12.5. The summed E-state index contributed by atoms with van der Waals surface area (Å²) >= 11 is 0. The van der Waals surface area contributed by atoms with Crippen LogP contribution in [0.15, 0.2) is 48.5 Å². The third kappa shape index (κ3) is 3.62. The number of hydrogen-bond donors (Lipinski definition) is 0. The predicted octanol–water partition coefficient (Wildman–Crippen LogP) is 3.30. The van der Waals surface area contributed by atoms with Gasteiger partial charge < -0.3 is 9.80 Å². The first-order valence-electron chi connectivity index (χ1n) is 8.34. The molecule has 120 valence electrons. The van der Waals surface area contributed by atoms with Gasteiger partial charge in [0.25, 0.3) is 5.91 Å². The summed E-state index contributed by atoms with van der Waals surface area (Å²) in [6.07, 6.45) is 1.05. The van der Waals surface area contributed by atoms with Crippen molar-refractivity contribution in [2.45, 2.75) is 13.3 Å². The SMILES string of the molecule is CCc1ccc(-c2ccc(C(=O)N3CCN(C)CC3)cc2)cc1. The third-order valence-electron chi connectivity index (χ3n) is 4.62. The van der Waals surface area contributed by atoms with Crippen LogP contribution in [0.25, 0.3) is 11.1 Å². The maximum Gasteiger partial charge on any atom is 0.253 e. The molecule has 1 fully saturated rings. The van der Waals surface area contributed by atoms with Gasteiger partial charge in [-0.15, -0.1) is 0 Å². The number of amides is 1. The number of piperazine rings is 1. The van der Waals surface area contributed by atoms with Gasteiger partial charge in [-0.3, -0.25) is 4.79 Å². The van der Waals surface area contributed by atoms with E-state index in [1.165, 1.54) is 11.1 Å². The van der Waals surface area contributed by atoms with Crippen LogP contribution >= 0.6 is 0 Å². The van der Waals surface area contributed by atoms with Crippen LogP contribution in [-0.2, 0) is 6.42 Å². The van der Waals surface area contributed by atoms with Gasteiger partial charge in [-0.2, -0.15) is 0 Å². The van der Waals surface area contributed by atoms with E-state index in [0.29, 0.717) is 0 Å². The van der Waals surface area contributed by atoms with Crippen molar-refractivity contribution in [1.29, 1.82) is 0 Å². The smallest absolute Gasteiger partial charge is 0.253 e. The average Bonchev–Trinajstić information content (AvgIpc) is 2.62. The minimum atomic E-state index is 0.144. The molecule has 3 nitrogen and oxygen atoms in total. The van der Waals surface area contributed by atoms with Crippen molar-refractivity contribution >= 4 is 5.91 Å². The number of carbonyl (C=O) groups excluding carboxylic acids is 1. The molecular weight excluding hydrogens is 284 g/mol. The van der Waals surface area contributed by atoms with Crippen LogP contribution in [0.3, 0.4) is 0 Å². The second-order valence-electron chi connectivity index (χ2n) is 6.22. The molecule has 0 aromatic heterocycles. The fourth-order valence-electron chi connectivity index (χ4n) is 2.93. The molecule has 0 saturated carbocycles. The predicted molar refractivity (Wildman–Crippen MR) is 94.7 cm³/mol. The van der Waals surface area contributed by atoms with Crippen LogP contribution in [-0.4, -0.2) is 48.9 Å². The van der Waals surface area contributed by atoms with Gasteiger partial charge in [0.1, 0.15) is 0 Å². The van der Waals surface area contributed by atoms with Crippen LogP contribution in [0.1, 0.15) is 22.8 Å². The van der Waals surface area contributed by atoms with E-state index in [1.807, 2.05) is 29.2 Å². The lowest BCUT2D eigenvalue weighted by Gasteiger charge is -2.32. The number of rotatable bonds is 3. The Morgan fingerprint density at radius 2 is 1.39 bits per heavy atom. The van der Waals surface area contributed by atoms with E-state index < -0.39 is 0 Å². The van der Waals surface area contributed by atoms with Crippen LogP contribution in [0.2, 0.25) is 0 Å². The first kappa shape index (κ1) is 15.8. The zero-order valence-corrected chi connectivity index (χ0v) is 14.0. The van der Waals surface area contributed by atoms with Gasteiger partial charge in [-0.25, -0.2) is 0 Å².